The number of esters is 1. The van der Waals surface area contributed by atoms with E-state index in [1.54, 1.807) is 46.6 Å². The van der Waals surface area contributed by atoms with E-state index in [2.05, 4.69) is 5.32 Å². The third-order valence-corrected chi connectivity index (χ3v) is 4.90. The van der Waals surface area contributed by atoms with Gasteiger partial charge in [-0.15, -0.1) is 11.3 Å². The van der Waals surface area contributed by atoms with Crippen LogP contribution in [0.4, 0.5) is 5.69 Å². The van der Waals surface area contributed by atoms with E-state index in [0.29, 0.717) is 24.3 Å². The Balaban J connectivity index is 1.87. The van der Waals surface area contributed by atoms with Crippen LogP contribution in [0.25, 0.3) is 6.08 Å². The summed E-state index contributed by atoms with van der Waals surface area (Å²) in [5.41, 5.74) is 0.969. The van der Waals surface area contributed by atoms with Gasteiger partial charge in [0.2, 0.25) is 0 Å². The molecular formula is C21H24N2O4S. The van der Waals surface area contributed by atoms with Crippen molar-refractivity contribution in [2.24, 2.45) is 0 Å². The summed E-state index contributed by atoms with van der Waals surface area (Å²) in [5.74, 6) is -1.16. The van der Waals surface area contributed by atoms with Gasteiger partial charge >= 0.3 is 5.97 Å². The molecule has 1 aromatic heterocycles. The predicted octanol–water partition coefficient (Wildman–Crippen LogP) is 3.73. The molecule has 2 rings (SSSR count). The summed E-state index contributed by atoms with van der Waals surface area (Å²) in [6, 6.07) is 10.6. The molecule has 0 radical (unpaired) electrons. The van der Waals surface area contributed by atoms with Gasteiger partial charge in [-0.2, -0.15) is 0 Å². The maximum absolute atomic E-state index is 12.4. The first-order valence-corrected chi connectivity index (χ1v) is 9.85. The summed E-state index contributed by atoms with van der Waals surface area (Å²) in [6.45, 7) is 6.63. The molecule has 0 aliphatic carbocycles. The van der Waals surface area contributed by atoms with Gasteiger partial charge in [-0.05, 0) is 57.2 Å². The zero-order valence-corrected chi connectivity index (χ0v) is 17.0. The van der Waals surface area contributed by atoms with Gasteiger partial charge in [0.25, 0.3) is 11.8 Å². The van der Waals surface area contributed by atoms with Crippen LogP contribution in [0.2, 0.25) is 0 Å². The van der Waals surface area contributed by atoms with E-state index in [1.807, 2.05) is 32.9 Å². The van der Waals surface area contributed by atoms with Crippen molar-refractivity contribution in [3.05, 3.63) is 57.8 Å². The van der Waals surface area contributed by atoms with Crippen molar-refractivity contribution in [2.75, 3.05) is 25.0 Å². The van der Waals surface area contributed by atoms with Crippen molar-refractivity contribution in [1.29, 1.82) is 0 Å². The SMILES string of the molecule is CCN(CC)C(=O)c1cccc(NC(=O)COC(=O)/C=C/c2ccc(C)s2)c1. The zero-order chi connectivity index (χ0) is 20.5. The van der Waals surface area contributed by atoms with Crippen molar-refractivity contribution in [3.63, 3.8) is 0 Å². The number of anilines is 1. The minimum atomic E-state index is -0.591. The van der Waals surface area contributed by atoms with E-state index < -0.39 is 18.5 Å². The molecule has 1 aromatic carbocycles. The molecule has 2 amide bonds. The average molecular weight is 401 g/mol. The highest BCUT2D eigenvalue weighted by Gasteiger charge is 2.13. The summed E-state index contributed by atoms with van der Waals surface area (Å²) in [4.78, 5) is 39.9. The maximum atomic E-state index is 12.4. The summed E-state index contributed by atoms with van der Waals surface area (Å²) in [5, 5.41) is 2.64. The molecular weight excluding hydrogens is 376 g/mol. The Morgan fingerprint density at radius 2 is 1.89 bits per heavy atom. The summed E-state index contributed by atoms with van der Waals surface area (Å²) in [6.07, 6.45) is 2.95. The highest BCUT2D eigenvalue weighted by molar-refractivity contribution is 7.12. The normalized spacial score (nSPS) is 10.7. The van der Waals surface area contributed by atoms with E-state index in [0.717, 1.165) is 9.75 Å². The molecule has 6 nitrogen and oxygen atoms in total. The van der Waals surface area contributed by atoms with Crippen LogP contribution in [0.5, 0.6) is 0 Å². The monoisotopic (exact) mass is 400 g/mol. The number of nitrogens with one attached hydrogen (secondary N) is 1. The Morgan fingerprint density at radius 1 is 1.14 bits per heavy atom. The second-order valence-corrected chi connectivity index (χ2v) is 7.32. The number of nitrogens with zero attached hydrogens (tertiary/aromatic N) is 1. The lowest BCUT2D eigenvalue weighted by molar-refractivity contribution is -0.142. The topological polar surface area (TPSA) is 75.7 Å². The van der Waals surface area contributed by atoms with Gasteiger partial charge in [0.15, 0.2) is 6.61 Å². The Hall–Kier alpha value is -2.93. The first kappa shape index (κ1) is 21.4. The predicted molar refractivity (Wildman–Crippen MR) is 111 cm³/mol. The van der Waals surface area contributed by atoms with E-state index in [1.165, 1.54) is 6.08 Å². The molecule has 0 saturated heterocycles. The number of hydrogen-bond acceptors (Lipinski definition) is 5. The zero-order valence-electron chi connectivity index (χ0n) is 16.2. The fraction of sp³-hybridized carbons (Fsp3) is 0.286. The van der Waals surface area contributed by atoms with Crippen molar-refractivity contribution < 1.29 is 19.1 Å². The first-order chi connectivity index (χ1) is 13.4. The van der Waals surface area contributed by atoms with Crippen LogP contribution in [-0.4, -0.2) is 42.4 Å². The number of rotatable bonds is 8. The van der Waals surface area contributed by atoms with Gasteiger partial charge in [-0.25, -0.2) is 4.79 Å². The molecule has 0 aliphatic heterocycles. The highest BCUT2D eigenvalue weighted by Crippen LogP contribution is 2.16. The quantitative estimate of drug-likeness (QED) is 0.541. The number of amides is 2. The van der Waals surface area contributed by atoms with Gasteiger partial charge in [-0.1, -0.05) is 6.07 Å². The van der Waals surface area contributed by atoms with Crippen LogP contribution in [0.1, 0.15) is 34.0 Å². The van der Waals surface area contributed by atoms with E-state index in [-0.39, 0.29) is 5.91 Å². The molecule has 1 N–H and O–H groups in total. The Morgan fingerprint density at radius 3 is 2.54 bits per heavy atom. The van der Waals surface area contributed by atoms with E-state index in [9.17, 15) is 14.4 Å². The number of carbonyl (C=O) groups excluding carboxylic acids is 3. The number of thiophene rings is 1. The van der Waals surface area contributed by atoms with Crippen LogP contribution in [0.3, 0.4) is 0 Å². The second-order valence-electron chi connectivity index (χ2n) is 6.00. The highest BCUT2D eigenvalue weighted by atomic mass is 32.1. The fourth-order valence-corrected chi connectivity index (χ4v) is 3.28. The Kier molecular flexibility index (Phi) is 7.95. The minimum Gasteiger partial charge on any atom is -0.452 e. The number of ether oxygens (including phenoxy) is 1. The van der Waals surface area contributed by atoms with Crippen LogP contribution in [0, 0.1) is 6.92 Å². The van der Waals surface area contributed by atoms with Gasteiger partial charge < -0.3 is 15.0 Å². The molecule has 0 unspecified atom stereocenters. The minimum absolute atomic E-state index is 0.0959. The van der Waals surface area contributed by atoms with Crippen LogP contribution >= 0.6 is 11.3 Å². The third-order valence-electron chi connectivity index (χ3n) is 3.93. The molecule has 1 heterocycles. The number of carbonyl (C=O) groups is 3. The summed E-state index contributed by atoms with van der Waals surface area (Å²) in [7, 11) is 0. The lowest BCUT2D eigenvalue weighted by Gasteiger charge is -2.19. The lowest BCUT2D eigenvalue weighted by Crippen LogP contribution is -2.30. The molecule has 148 valence electrons. The van der Waals surface area contributed by atoms with Crippen molar-refractivity contribution in [2.45, 2.75) is 20.8 Å². The average Bonchev–Trinajstić information content (AvgIpc) is 3.11. The van der Waals surface area contributed by atoms with Crippen molar-refractivity contribution in [3.8, 4) is 0 Å². The van der Waals surface area contributed by atoms with Crippen LogP contribution in [0.15, 0.2) is 42.5 Å². The van der Waals surface area contributed by atoms with E-state index >= 15 is 0 Å². The molecule has 28 heavy (non-hydrogen) atoms. The van der Waals surface area contributed by atoms with Crippen LogP contribution in [-0.2, 0) is 14.3 Å². The molecule has 0 saturated carbocycles. The van der Waals surface area contributed by atoms with E-state index in [4.69, 9.17) is 4.74 Å². The Labute approximate surface area is 168 Å². The van der Waals surface area contributed by atoms with Crippen molar-refractivity contribution >= 4 is 40.9 Å². The molecule has 2 aromatic rings. The van der Waals surface area contributed by atoms with Crippen LogP contribution < -0.4 is 5.32 Å². The molecule has 0 bridgehead atoms. The fourth-order valence-electron chi connectivity index (χ4n) is 2.50. The van der Waals surface area contributed by atoms with Gasteiger partial charge in [-0.3, -0.25) is 9.59 Å². The summed E-state index contributed by atoms with van der Waals surface area (Å²) >= 11 is 1.56. The second kappa shape index (κ2) is 10.4. The smallest absolute Gasteiger partial charge is 0.331 e. The maximum Gasteiger partial charge on any atom is 0.331 e. The van der Waals surface area contributed by atoms with Gasteiger partial charge in [0.05, 0.1) is 0 Å². The number of hydrogen-bond donors (Lipinski definition) is 1. The number of benzene rings is 1. The molecule has 0 spiro atoms. The standard InChI is InChI=1S/C21H24N2O4S/c1-4-23(5-2)21(26)16-7-6-8-17(13-16)22-19(24)14-27-20(25)12-11-18-10-9-15(3)28-18/h6-13H,4-5,14H2,1-3H3,(H,22,24)/b12-11+. The lowest BCUT2D eigenvalue weighted by atomic mass is 10.1. The molecule has 0 fully saturated rings. The largest absolute Gasteiger partial charge is 0.452 e. The molecule has 0 atom stereocenters. The first-order valence-electron chi connectivity index (χ1n) is 9.03. The van der Waals surface area contributed by atoms with Gasteiger partial charge in [0.1, 0.15) is 0 Å². The molecule has 0 aliphatic rings. The molecule has 7 heteroatoms. The van der Waals surface area contributed by atoms with Crippen molar-refractivity contribution in [1.82, 2.24) is 4.90 Å². The summed E-state index contributed by atoms with van der Waals surface area (Å²) < 4.78 is 4.95. The Bertz CT molecular complexity index is 869. The van der Waals surface area contributed by atoms with Gasteiger partial charge in [0, 0.05) is 40.2 Å². The third kappa shape index (κ3) is 6.35. The number of aryl methyl sites for hydroxylation is 1.